The maximum Gasteiger partial charge on any atom is 0.227 e. The first-order chi connectivity index (χ1) is 17.3. The number of carbonyl (C=O) groups is 1. The summed E-state index contributed by atoms with van der Waals surface area (Å²) in [6.07, 6.45) is 8.25. The highest BCUT2D eigenvalue weighted by atomic mass is 16.5. The van der Waals surface area contributed by atoms with Gasteiger partial charge >= 0.3 is 0 Å². The monoisotopic (exact) mass is 491 g/mol. The quantitative estimate of drug-likeness (QED) is 0.675. The number of hydrogen-bond donors (Lipinski definition) is 1. The second kappa shape index (κ2) is 10.5. The fourth-order valence-electron chi connectivity index (χ4n) is 6.37. The molecule has 3 heterocycles. The van der Waals surface area contributed by atoms with Crippen molar-refractivity contribution in [1.29, 1.82) is 0 Å². The zero-order valence-corrected chi connectivity index (χ0v) is 22.2. The van der Waals surface area contributed by atoms with Crippen LogP contribution in [-0.2, 0) is 22.5 Å². The molecule has 0 unspecified atom stereocenters. The average molecular weight is 492 g/mol. The molecule has 0 bridgehead atoms. The molecular weight excluding hydrogens is 450 g/mol. The van der Waals surface area contributed by atoms with Crippen LogP contribution < -0.4 is 5.32 Å². The smallest absolute Gasteiger partial charge is 0.227 e. The minimum atomic E-state index is -0.272. The zero-order valence-electron chi connectivity index (χ0n) is 22.2. The van der Waals surface area contributed by atoms with Gasteiger partial charge in [-0.15, -0.1) is 0 Å². The van der Waals surface area contributed by atoms with E-state index in [1.165, 1.54) is 5.56 Å². The predicted octanol–water partition coefficient (Wildman–Crippen LogP) is 4.24. The molecule has 7 nitrogen and oxygen atoms in total. The van der Waals surface area contributed by atoms with Gasteiger partial charge in [0.05, 0.1) is 18.3 Å². The number of carbonyl (C=O) groups excluding carboxylic acids is 1. The standard InChI is InChI=1S/C29H41N5O2/c1-29(2)16-21-17-30-28(31-22-10-12-23(36-4)13-11-22)32-26(21)19-34(29)27(35)24-14-15-33(3)18-25(24)20-8-6-5-7-9-20/h5-9,17,22-25H,10-16,18-19H2,1-4H3,(H,30,31,32)/t22?,23?,24-,25+/m0/s1. The molecule has 7 heteroatoms. The Balaban J connectivity index is 1.34. The van der Waals surface area contributed by atoms with Crippen LogP contribution in [0.15, 0.2) is 36.5 Å². The lowest BCUT2D eigenvalue weighted by molar-refractivity contribution is -0.145. The number of amides is 1. The van der Waals surface area contributed by atoms with E-state index in [-0.39, 0.29) is 23.3 Å². The van der Waals surface area contributed by atoms with Crippen molar-refractivity contribution in [2.75, 3.05) is 32.6 Å². The van der Waals surface area contributed by atoms with Gasteiger partial charge in [-0.3, -0.25) is 4.79 Å². The fourth-order valence-corrected chi connectivity index (χ4v) is 6.37. The van der Waals surface area contributed by atoms with Gasteiger partial charge in [-0.1, -0.05) is 30.3 Å². The zero-order chi connectivity index (χ0) is 25.3. The number of likely N-dealkylation sites (N-methyl/N-ethyl adjacent to an activating group) is 1. The van der Waals surface area contributed by atoms with Crippen molar-refractivity contribution in [3.8, 4) is 0 Å². The molecule has 36 heavy (non-hydrogen) atoms. The molecule has 5 rings (SSSR count). The van der Waals surface area contributed by atoms with Crippen molar-refractivity contribution in [2.24, 2.45) is 5.92 Å². The van der Waals surface area contributed by atoms with Crippen LogP contribution in [0.2, 0.25) is 0 Å². The molecule has 1 N–H and O–H groups in total. The normalized spacial score (nSPS) is 28.4. The number of aromatic nitrogens is 2. The van der Waals surface area contributed by atoms with E-state index in [2.05, 4.69) is 65.3 Å². The van der Waals surface area contributed by atoms with Crippen molar-refractivity contribution in [1.82, 2.24) is 19.8 Å². The largest absolute Gasteiger partial charge is 0.381 e. The number of hydrogen-bond acceptors (Lipinski definition) is 6. The topological polar surface area (TPSA) is 70.6 Å². The van der Waals surface area contributed by atoms with Crippen molar-refractivity contribution in [3.05, 3.63) is 53.3 Å². The molecule has 1 aliphatic carbocycles. The minimum absolute atomic E-state index is 0.0140. The summed E-state index contributed by atoms with van der Waals surface area (Å²) in [7, 11) is 3.96. The van der Waals surface area contributed by atoms with E-state index in [1.807, 2.05) is 12.3 Å². The van der Waals surface area contributed by atoms with Crippen LogP contribution in [0.3, 0.4) is 0 Å². The van der Waals surface area contributed by atoms with Crippen molar-refractivity contribution >= 4 is 11.9 Å². The molecule has 194 valence electrons. The lowest BCUT2D eigenvalue weighted by Gasteiger charge is -2.46. The molecular formula is C29H41N5O2. The number of rotatable bonds is 5. The summed E-state index contributed by atoms with van der Waals surface area (Å²) in [4.78, 5) is 28.2. The van der Waals surface area contributed by atoms with Gasteiger partial charge in [0, 0.05) is 43.3 Å². The van der Waals surface area contributed by atoms with Gasteiger partial charge in [0.1, 0.15) is 0 Å². The second-order valence-corrected chi connectivity index (χ2v) is 11.6. The molecule has 2 atom stereocenters. The van der Waals surface area contributed by atoms with E-state index in [4.69, 9.17) is 9.72 Å². The first kappa shape index (κ1) is 25.2. The average Bonchev–Trinajstić information content (AvgIpc) is 2.88. The Bertz CT molecular complexity index is 1050. The number of anilines is 1. The van der Waals surface area contributed by atoms with Crippen molar-refractivity contribution < 1.29 is 9.53 Å². The molecule has 2 aliphatic heterocycles. The molecule has 0 radical (unpaired) electrons. The Kier molecular flexibility index (Phi) is 7.31. The van der Waals surface area contributed by atoms with E-state index >= 15 is 0 Å². The van der Waals surface area contributed by atoms with Gasteiger partial charge in [0.15, 0.2) is 0 Å². The summed E-state index contributed by atoms with van der Waals surface area (Å²) < 4.78 is 5.51. The van der Waals surface area contributed by atoms with Crippen LogP contribution >= 0.6 is 0 Å². The number of nitrogens with zero attached hydrogens (tertiary/aromatic N) is 4. The Labute approximate surface area is 215 Å². The number of fused-ring (bicyclic) bond motifs is 1. The summed E-state index contributed by atoms with van der Waals surface area (Å²) in [5, 5.41) is 3.55. The van der Waals surface area contributed by atoms with Crippen LogP contribution in [0, 0.1) is 5.92 Å². The molecule has 2 fully saturated rings. The van der Waals surface area contributed by atoms with E-state index in [0.717, 1.165) is 62.9 Å². The van der Waals surface area contributed by atoms with Crippen molar-refractivity contribution in [3.63, 3.8) is 0 Å². The fraction of sp³-hybridized carbons (Fsp3) is 0.621. The van der Waals surface area contributed by atoms with Gasteiger partial charge in [0.25, 0.3) is 0 Å². The Morgan fingerprint density at radius 3 is 2.58 bits per heavy atom. The van der Waals surface area contributed by atoms with E-state index in [1.54, 1.807) is 7.11 Å². The first-order valence-electron chi connectivity index (χ1n) is 13.5. The van der Waals surface area contributed by atoms with Crippen LogP contribution in [0.4, 0.5) is 5.95 Å². The highest BCUT2D eigenvalue weighted by Crippen LogP contribution is 2.38. The second-order valence-electron chi connectivity index (χ2n) is 11.6. The van der Waals surface area contributed by atoms with Crippen LogP contribution in [-0.4, -0.2) is 70.6 Å². The number of nitrogens with one attached hydrogen (secondary N) is 1. The lowest BCUT2D eigenvalue weighted by atomic mass is 9.78. The maximum atomic E-state index is 14.2. The summed E-state index contributed by atoms with van der Waals surface area (Å²) in [5.41, 5.74) is 3.12. The summed E-state index contributed by atoms with van der Waals surface area (Å²) in [5.74, 6) is 1.14. The lowest BCUT2D eigenvalue weighted by Crippen LogP contribution is -2.55. The highest BCUT2D eigenvalue weighted by molar-refractivity contribution is 5.81. The number of benzene rings is 1. The van der Waals surface area contributed by atoms with Crippen molar-refractivity contribution in [2.45, 2.75) is 82.5 Å². The third kappa shape index (κ3) is 5.28. The Morgan fingerprint density at radius 2 is 1.86 bits per heavy atom. The van der Waals surface area contributed by atoms with Gasteiger partial charge in [-0.05, 0) is 77.1 Å². The van der Waals surface area contributed by atoms with E-state index < -0.39 is 0 Å². The minimum Gasteiger partial charge on any atom is -0.381 e. The third-order valence-corrected chi connectivity index (χ3v) is 8.58. The predicted molar refractivity (Wildman–Crippen MR) is 142 cm³/mol. The Hall–Kier alpha value is -2.51. The first-order valence-corrected chi connectivity index (χ1v) is 13.5. The number of piperidine rings is 1. The maximum absolute atomic E-state index is 14.2. The SMILES string of the molecule is COC1CCC(Nc2ncc3c(n2)CN(C(=O)[C@H]2CCN(C)C[C@@H]2c2ccccc2)C(C)(C)C3)CC1. The molecule has 0 spiro atoms. The number of ether oxygens (including phenoxy) is 1. The molecule has 1 aromatic carbocycles. The number of likely N-dealkylation sites (tertiary alicyclic amines) is 1. The Morgan fingerprint density at radius 1 is 1.11 bits per heavy atom. The highest BCUT2D eigenvalue weighted by Gasteiger charge is 2.43. The summed E-state index contributed by atoms with van der Waals surface area (Å²) in [6.45, 7) is 6.77. The summed E-state index contributed by atoms with van der Waals surface area (Å²) >= 11 is 0. The molecule has 1 saturated heterocycles. The van der Waals surface area contributed by atoms with E-state index in [9.17, 15) is 4.79 Å². The van der Waals surface area contributed by atoms with Crippen LogP contribution in [0.5, 0.6) is 0 Å². The van der Waals surface area contributed by atoms with Gasteiger partial charge in [-0.2, -0.15) is 0 Å². The molecule has 1 aromatic heterocycles. The van der Waals surface area contributed by atoms with Gasteiger partial charge < -0.3 is 19.9 Å². The molecule has 2 aromatic rings. The van der Waals surface area contributed by atoms with Crippen LogP contribution in [0.1, 0.15) is 68.7 Å². The number of methoxy groups -OCH3 is 1. The summed E-state index contributed by atoms with van der Waals surface area (Å²) in [6, 6.07) is 10.9. The van der Waals surface area contributed by atoms with Crippen LogP contribution in [0.25, 0.3) is 0 Å². The molecule has 3 aliphatic rings. The molecule has 1 saturated carbocycles. The van der Waals surface area contributed by atoms with E-state index in [0.29, 0.717) is 24.6 Å². The third-order valence-electron chi connectivity index (χ3n) is 8.58. The molecule has 1 amide bonds. The van der Waals surface area contributed by atoms with Gasteiger partial charge in [0.2, 0.25) is 11.9 Å². The van der Waals surface area contributed by atoms with Gasteiger partial charge in [-0.25, -0.2) is 9.97 Å².